The highest BCUT2D eigenvalue weighted by atomic mass is 35.5. The third kappa shape index (κ3) is 6.08. The molecule has 2 aliphatic carbocycles. The van der Waals surface area contributed by atoms with Crippen molar-refractivity contribution in [2.24, 2.45) is 0 Å². The van der Waals surface area contributed by atoms with E-state index in [0.29, 0.717) is 36.0 Å². The first-order chi connectivity index (χ1) is 18.8. The predicted octanol–water partition coefficient (Wildman–Crippen LogP) is 6.13. The highest BCUT2D eigenvalue weighted by Crippen LogP contribution is 2.57. The lowest BCUT2D eigenvalue weighted by Gasteiger charge is -2.26. The van der Waals surface area contributed by atoms with Gasteiger partial charge < -0.3 is 14.7 Å². The number of carbonyl (C=O) groups is 1. The fourth-order valence-corrected chi connectivity index (χ4v) is 6.33. The largest absolute Gasteiger partial charge is 0.405 e. The normalized spacial score (nSPS) is 16.6. The standard InChI is InChI=1S/C26H25Cl2F3N4O4S/c1-2-40(37,38)18-7-5-17(6-8-18)35(14-26(29,30)31)13-21(36)32-16-11-19(27)22(20(28)12-16)25(9-10-25)24-33-23(39-34-24)15-3-4-15/h5-8,11-12,15H,2-4,9-10,13-14H2,1H3,(H,32,36). The Kier molecular flexibility index (Phi) is 7.56. The maximum absolute atomic E-state index is 13.3. The fourth-order valence-electron chi connectivity index (χ4n) is 4.60. The summed E-state index contributed by atoms with van der Waals surface area (Å²) in [5.41, 5.74) is 0.268. The van der Waals surface area contributed by atoms with Crippen LogP contribution in [0.1, 0.15) is 55.8 Å². The van der Waals surface area contributed by atoms with Gasteiger partial charge in [-0.2, -0.15) is 18.2 Å². The van der Waals surface area contributed by atoms with Crippen LogP contribution in [0.15, 0.2) is 45.8 Å². The minimum atomic E-state index is -4.62. The van der Waals surface area contributed by atoms with E-state index in [1.807, 2.05) is 0 Å². The van der Waals surface area contributed by atoms with E-state index >= 15 is 0 Å². The highest BCUT2D eigenvalue weighted by molar-refractivity contribution is 7.91. The van der Waals surface area contributed by atoms with Crippen molar-refractivity contribution in [3.05, 3.63) is 63.7 Å². The monoisotopic (exact) mass is 616 g/mol. The van der Waals surface area contributed by atoms with Gasteiger partial charge in [0.15, 0.2) is 15.7 Å². The second-order valence-corrected chi connectivity index (χ2v) is 13.1. The maximum atomic E-state index is 13.3. The van der Waals surface area contributed by atoms with Gasteiger partial charge in [0, 0.05) is 32.9 Å². The molecule has 1 aromatic heterocycles. The van der Waals surface area contributed by atoms with Crippen LogP contribution < -0.4 is 10.2 Å². The smallest absolute Gasteiger partial charge is 0.353 e. The average Bonchev–Trinajstić information content (AvgIpc) is 3.82. The number of hydrogen-bond acceptors (Lipinski definition) is 7. The number of nitrogens with one attached hydrogen (secondary N) is 1. The van der Waals surface area contributed by atoms with Gasteiger partial charge in [0.25, 0.3) is 0 Å². The molecular weight excluding hydrogens is 592 g/mol. The van der Waals surface area contributed by atoms with Crippen LogP contribution in [0.2, 0.25) is 10.0 Å². The zero-order valence-corrected chi connectivity index (χ0v) is 23.6. The number of anilines is 2. The lowest BCUT2D eigenvalue weighted by Crippen LogP contribution is -2.39. The zero-order valence-electron chi connectivity index (χ0n) is 21.3. The number of amides is 1. The Morgan fingerprint density at radius 2 is 1.77 bits per heavy atom. The second kappa shape index (κ2) is 10.5. The lowest BCUT2D eigenvalue weighted by molar-refractivity contribution is -0.122. The van der Waals surface area contributed by atoms with E-state index in [0.717, 1.165) is 17.7 Å². The number of sulfone groups is 1. The molecule has 0 saturated heterocycles. The van der Waals surface area contributed by atoms with Gasteiger partial charge in [-0.15, -0.1) is 0 Å². The highest BCUT2D eigenvalue weighted by Gasteiger charge is 2.53. The van der Waals surface area contributed by atoms with Gasteiger partial charge in [-0.1, -0.05) is 35.3 Å². The number of carbonyl (C=O) groups excluding carboxylic acids is 1. The number of halogens is 5. The molecule has 1 amide bonds. The molecule has 0 aliphatic heterocycles. The van der Waals surface area contributed by atoms with Crippen LogP contribution in [-0.2, 0) is 20.0 Å². The van der Waals surface area contributed by atoms with E-state index in [1.54, 1.807) is 0 Å². The van der Waals surface area contributed by atoms with Crippen LogP contribution in [0.25, 0.3) is 0 Å². The number of rotatable bonds is 10. The Balaban J connectivity index is 1.33. The molecule has 1 N–H and O–H groups in total. The second-order valence-electron chi connectivity index (χ2n) is 10.0. The first-order valence-electron chi connectivity index (χ1n) is 12.6. The Bertz CT molecular complexity index is 1510. The summed E-state index contributed by atoms with van der Waals surface area (Å²) in [6, 6.07) is 7.90. The molecule has 3 aromatic rings. The summed E-state index contributed by atoms with van der Waals surface area (Å²) in [6.07, 6.45) is -1.16. The van der Waals surface area contributed by atoms with Gasteiger partial charge in [-0.25, -0.2) is 8.42 Å². The van der Waals surface area contributed by atoms with Crippen molar-refractivity contribution >= 4 is 50.3 Å². The Labute approximate surface area is 238 Å². The summed E-state index contributed by atoms with van der Waals surface area (Å²) < 4.78 is 69.5. The molecule has 2 aromatic carbocycles. The molecule has 0 radical (unpaired) electrons. The molecule has 8 nitrogen and oxygen atoms in total. The SMILES string of the molecule is CCS(=O)(=O)c1ccc(N(CC(=O)Nc2cc(Cl)c(C3(c4noc(C5CC5)n4)CC3)c(Cl)c2)CC(F)(F)F)cc1. The lowest BCUT2D eigenvalue weighted by atomic mass is 9.94. The molecule has 2 fully saturated rings. The Morgan fingerprint density at radius 3 is 2.30 bits per heavy atom. The number of hydrogen-bond donors (Lipinski definition) is 1. The summed E-state index contributed by atoms with van der Waals surface area (Å²) in [6.45, 7) is -0.612. The van der Waals surface area contributed by atoms with Gasteiger partial charge in [0.05, 0.1) is 22.6 Å². The summed E-state index contributed by atoms with van der Waals surface area (Å²) in [7, 11) is -3.53. The van der Waals surface area contributed by atoms with Gasteiger partial charge in [0.2, 0.25) is 11.8 Å². The molecular formula is C26H25Cl2F3N4O4S. The van der Waals surface area contributed by atoms with Gasteiger partial charge in [-0.3, -0.25) is 4.79 Å². The molecule has 5 rings (SSSR count). The zero-order chi connectivity index (χ0) is 28.9. The summed E-state index contributed by atoms with van der Waals surface area (Å²) in [4.78, 5) is 18.2. The van der Waals surface area contributed by atoms with Crippen molar-refractivity contribution in [3.8, 4) is 0 Å². The van der Waals surface area contributed by atoms with Crippen molar-refractivity contribution in [2.75, 3.05) is 29.1 Å². The molecule has 214 valence electrons. The number of nitrogens with zero attached hydrogens (tertiary/aromatic N) is 3. The van der Waals surface area contributed by atoms with Crippen LogP contribution in [0.3, 0.4) is 0 Å². The quantitative estimate of drug-likeness (QED) is 0.292. The number of benzene rings is 2. The van der Waals surface area contributed by atoms with Crippen LogP contribution in [0, 0.1) is 0 Å². The van der Waals surface area contributed by atoms with Crippen LogP contribution in [0.5, 0.6) is 0 Å². The van der Waals surface area contributed by atoms with Crippen molar-refractivity contribution < 1.29 is 30.9 Å². The summed E-state index contributed by atoms with van der Waals surface area (Å²) in [5.74, 6) is 0.503. The van der Waals surface area contributed by atoms with E-state index in [4.69, 9.17) is 27.7 Å². The first-order valence-corrected chi connectivity index (χ1v) is 15.0. The van der Waals surface area contributed by atoms with Crippen molar-refractivity contribution in [1.82, 2.24) is 10.1 Å². The molecule has 1 heterocycles. The van der Waals surface area contributed by atoms with E-state index in [2.05, 4.69) is 15.5 Å². The molecule has 0 unspecified atom stereocenters. The van der Waals surface area contributed by atoms with Crippen molar-refractivity contribution in [2.45, 2.75) is 55.0 Å². The van der Waals surface area contributed by atoms with Crippen molar-refractivity contribution in [1.29, 1.82) is 0 Å². The fraction of sp³-hybridized carbons (Fsp3) is 0.423. The minimum absolute atomic E-state index is 0.0162. The van der Waals surface area contributed by atoms with Gasteiger partial charge >= 0.3 is 6.18 Å². The molecule has 2 saturated carbocycles. The van der Waals surface area contributed by atoms with E-state index in [1.165, 1.54) is 43.3 Å². The molecule has 0 atom stereocenters. The van der Waals surface area contributed by atoms with E-state index in [9.17, 15) is 26.4 Å². The van der Waals surface area contributed by atoms with Gasteiger partial charge in [0.1, 0.15) is 6.54 Å². The van der Waals surface area contributed by atoms with Crippen LogP contribution in [-0.4, -0.2) is 49.5 Å². The van der Waals surface area contributed by atoms with E-state index < -0.39 is 40.4 Å². The minimum Gasteiger partial charge on any atom is -0.353 e. The molecule has 40 heavy (non-hydrogen) atoms. The van der Waals surface area contributed by atoms with Crippen LogP contribution in [0.4, 0.5) is 24.5 Å². The Hall–Kier alpha value is -2.83. The molecule has 0 bridgehead atoms. The third-order valence-corrected chi connectivity index (χ3v) is 9.34. The first kappa shape index (κ1) is 28.7. The van der Waals surface area contributed by atoms with Gasteiger partial charge in [-0.05, 0) is 62.1 Å². The molecule has 2 aliphatic rings. The third-order valence-electron chi connectivity index (χ3n) is 7.00. The molecule has 0 spiro atoms. The maximum Gasteiger partial charge on any atom is 0.405 e. The topological polar surface area (TPSA) is 105 Å². The number of aromatic nitrogens is 2. The van der Waals surface area contributed by atoms with Crippen molar-refractivity contribution in [3.63, 3.8) is 0 Å². The Morgan fingerprint density at radius 1 is 1.15 bits per heavy atom. The van der Waals surface area contributed by atoms with Crippen LogP contribution >= 0.6 is 23.2 Å². The number of alkyl halides is 3. The van der Waals surface area contributed by atoms with E-state index in [-0.39, 0.29) is 32.1 Å². The summed E-state index contributed by atoms with van der Waals surface area (Å²) >= 11 is 13.2. The molecule has 14 heteroatoms. The average molecular weight is 617 g/mol. The predicted molar refractivity (Wildman–Crippen MR) is 144 cm³/mol. The summed E-state index contributed by atoms with van der Waals surface area (Å²) in [5, 5.41) is 7.23.